The average Bonchev–Trinajstić information content (AvgIpc) is 2.40. The fraction of sp³-hybridized carbons (Fsp3) is 0.667. The molecule has 0 spiro atoms. The van der Waals surface area contributed by atoms with Gasteiger partial charge in [-0.2, -0.15) is 0 Å². The number of hydrogen-bond acceptors (Lipinski definition) is 3. The minimum Gasteiger partial charge on any atom is -0.317 e. The Morgan fingerprint density at radius 2 is 2.17 bits per heavy atom. The third-order valence-electron chi connectivity index (χ3n) is 3.98. The lowest BCUT2D eigenvalue weighted by Crippen LogP contribution is -2.41. The number of nitrogens with zero attached hydrogens (tertiary/aromatic N) is 2. The monoisotopic (exact) mass is 247 g/mol. The second kappa shape index (κ2) is 6.86. The van der Waals surface area contributed by atoms with E-state index in [9.17, 15) is 0 Å². The summed E-state index contributed by atoms with van der Waals surface area (Å²) in [4.78, 5) is 6.80. The first-order chi connectivity index (χ1) is 8.79. The van der Waals surface area contributed by atoms with Gasteiger partial charge in [0.25, 0.3) is 0 Å². The number of pyridine rings is 1. The van der Waals surface area contributed by atoms with Crippen molar-refractivity contribution < 1.29 is 0 Å². The predicted octanol–water partition coefficient (Wildman–Crippen LogP) is 2.29. The van der Waals surface area contributed by atoms with E-state index in [0.717, 1.165) is 18.2 Å². The van der Waals surface area contributed by atoms with Crippen molar-refractivity contribution in [2.75, 3.05) is 20.6 Å². The van der Waals surface area contributed by atoms with Crippen LogP contribution in [0, 0.1) is 5.92 Å². The molecule has 0 aromatic carbocycles. The third-order valence-corrected chi connectivity index (χ3v) is 3.98. The second-order valence-corrected chi connectivity index (χ2v) is 5.46. The Labute approximate surface area is 111 Å². The van der Waals surface area contributed by atoms with Crippen LogP contribution in [0.2, 0.25) is 0 Å². The molecule has 1 aliphatic rings. The Morgan fingerprint density at radius 3 is 2.89 bits per heavy atom. The molecule has 2 unspecified atom stereocenters. The van der Waals surface area contributed by atoms with Gasteiger partial charge in [0.1, 0.15) is 0 Å². The Morgan fingerprint density at radius 1 is 1.33 bits per heavy atom. The summed E-state index contributed by atoms with van der Waals surface area (Å²) in [6, 6.07) is 6.84. The summed E-state index contributed by atoms with van der Waals surface area (Å²) in [6.45, 7) is 2.12. The summed E-state index contributed by atoms with van der Waals surface area (Å²) in [6.07, 6.45) is 7.34. The SMILES string of the molecule is CNC1CCCCC1CN(C)Cc1ccccn1. The molecule has 1 aromatic rings. The van der Waals surface area contributed by atoms with Gasteiger partial charge in [0.15, 0.2) is 0 Å². The summed E-state index contributed by atoms with van der Waals surface area (Å²) in [5.74, 6) is 0.789. The molecule has 1 fully saturated rings. The highest BCUT2D eigenvalue weighted by Gasteiger charge is 2.24. The number of aromatic nitrogens is 1. The molecule has 0 radical (unpaired) electrons. The summed E-state index contributed by atoms with van der Waals surface area (Å²) < 4.78 is 0. The number of rotatable bonds is 5. The van der Waals surface area contributed by atoms with Gasteiger partial charge in [-0.15, -0.1) is 0 Å². The maximum absolute atomic E-state index is 4.39. The minimum atomic E-state index is 0.699. The molecule has 2 atom stereocenters. The minimum absolute atomic E-state index is 0.699. The van der Waals surface area contributed by atoms with Gasteiger partial charge in [-0.1, -0.05) is 18.9 Å². The van der Waals surface area contributed by atoms with Crippen molar-refractivity contribution in [1.29, 1.82) is 0 Å². The van der Waals surface area contributed by atoms with Gasteiger partial charge in [-0.05, 0) is 45.0 Å². The van der Waals surface area contributed by atoms with E-state index in [1.807, 2.05) is 12.3 Å². The highest BCUT2D eigenvalue weighted by atomic mass is 15.1. The van der Waals surface area contributed by atoms with Gasteiger partial charge in [-0.25, -0.2) is 0 Å². The zero-order valence-corrected chi connectivity index (χ0v) is 11.6. The van der Waals surface area contributed by atoms with E-state index < -0.39 is 0 Å². The fourth-order valence-corrected chi connectivity index (χ4v) is 3.04. The average molecular weight is 247 g/mol. The highest BCUT2D eigenvalue weighted by Crippen LogP contribution is 2.25. The van der Waals surface area contributed by atoms with Crippen LogP contribution < -0.4 is 5.32 Å². The Kier molecular flexibility index (Phi) is 5.14. The summed E-state index contributed by atoms with van der Waals surface area (Å²) >= 11 is 0. The van der Waals surface area contributed by atoms with E-state index in [2.05, 4.69) is 41.4 Å². The summed E-state index contributed by atoms with van der Waals surface area (Å²) in [5.41, 5.74) is 1.16. The molecule has 2 rings (SSSR count). The van der Waals surface area contributed by atoms with E-state index in [-0.39, 0.29) is 0 Å². The fourth-order valence-electron chi connectivity index (χ4n) is 3.04. The van der Waals surface area contributed by atoms with Crippen LogP contribution in [0.25, 0.3) is 0 Å². The molecule has 100 valence electrons. The first kappa shape index (κ1) is 13.5. The van der Waals surface area contributed by atoms with Crippen molar-refractivity contribution in [1.82, 2.24) is 15.2 Å². The Hall–Kier alpha value is -0.930. The van der Waals surface area contributed by atoms with Crippen LogP contribution in [-0.2, 0) is 6.54 Å². The molecule has 18 heavy (non-hydrogen) atoms. The van der Waals surface area contributed by atoms with Gasteiger partial charge in [0.05, 0.1) is 5.69 Å². The normalized spacial score (nSPS) is 24.4. The largest absolute Gasteiger partial charge is 0.317 e. The van der Waals surface area contributed by atoms with Crippen LogP contribution in [0.15, 0.2) is 24.4 Å². The molecule has 1 N–H and O–H groups in total. The molecular formula is C15H25N3. The van der Waals surface area contributed by atoms with Crippen molar-refractivity contribution in [3.8, 4) is 0 Å². The number of hydrogen-bond donors (Lipinski definition) is 1. The van der Waals surface area contributed by atoms with Crippen LogP contribution >= 0.6 is 0 Å². The van der Waals surface area contributed by atoms with Crippen molar-refractivity contribution in [2.24, 2.45) is 5.92 Å². The maximum atomic E-state index is 4.39. The quantitative estimate of drug-likeness (QED) is 0.865. The van der Waals surface area contributed by atoms with Gasteiger partial charge < -0.3 is 10.2 Å². The van der Waals surface area contributed by atoms with Crippen LogP contribution in [-0.4, -0.2) is 36.6 Å². The van der Waals surface area contributed by atoms with Crippen LogP contribution in [0.1, 0.15) is 31.4 Å². The molecular weight excluding hydrogens is 222 g/mol. The first-order valence-corrected chi connectivity index (χ1v) is 7.05. The smallest absolute Gasteiger partial charge is 0.0543 e. The van der Waals surface area contributed by atoms with Crippen molar-refractivity contribution in [3.63, 3.8) is 0 Å². The lowest BCUT2D eigenvalue weighted by atomic mass is 9.84. The molecule has 0 amide bonds. The van der Waals surface area contributed by atoms with Crippen LogP contribution in [0.3, 0.4) is 0 Å². The van der Waals surface area contributed by atoms with E-state index in [1.165, 1.54) is 32.2 Å². The molecule has 1 saturated carbocycles. The van der Waals surface area contributed by atoms with Crippen molar-refractivity contribution >= 4 is 0 Å². The van der Waals surface area contributed by atoms with E-state index in [4.69, 9.17) is 0 Å². The van der Waals surface area contributed by atoms with Gasteiger partial charge >= 0.3 is 0 Å². The van der Waals surface area contributed by atoms with Crippen LogP contribution in [0.5, 0.6) is 0 Å². The van der Waals surface area contributed by atoms with E-state index in [0.29, 0.717) is 6.04 Å². The molecule has 0 aliphatic heterocycles. The lowest BCUT2D eigenvalue weighted by Gasteiger charge is -2.34. The summed E-state index contributed by atoms with van der Waals surface area (Å²) in [5, 5.41) is 3.48. The molecule has 1 aliphatic carbocycles. The van der Waals surface area contributed by atoms with Crippen molar-refractivity contribution in [2.45, 2.75) is 38.3 Å². The standard InChI is InChI=1S/C15H25N3/c1-16-15-9-4-3-7-13(15)11-18(2)12-14-8-5-6-10-17-14/h5-6,8,10,13,15-16H,3-4,7,9,11-12H2,1-2H3. The highest BCUT2D eigenvalue weighted by molar-refractivity contribution is 5.03. The van der Waals surface area contributed by atoms with Crippen LogP contribution in [0.4, 0.5) is 0 Å². The van der Waals surface area contributed by atoms with Gasteiger partial charge in [-0.3, -0.25) is 4.98 Å². The number of nitrogens with one attached hydrogen (secondary N) is 1. The maximum Gasteiger partial charge on any atom is 0.0543 e. The summed E-state index contributed by atoms with van der Waals surface area (Å²) in [7, 11) is 4.30. The zero-order chi connectivity index (χ0) is 12.8. The van der Waals surface area contributed by atoms with E-state index >= 15 is 0 Å². The molecule has 3 heteroatoms. The first-order valence-electron chi connectivity index (χ1n) is 7.05. The Balaban J connectivity index is 1.84. The predicted molar refractivity (Wildman–Crippen MR) is 75.4 cm³/mol. The molecule has 1 heterocycles. The van der Waals surface area contributed by atoms with Gasteiger partial charge in [0.2, 0.25) is 0 Å². The van der Waals surface area contributed by atoms with Gasteiger partial charge in [0, 0.05) is 25.3 Å². The zero-order valence-electron chi connectivity index (χ0n) is 11.6. The van der Waals surface area contributed by atoms with Crippen molar-refractivity contribution in [3.05, 3.63) is 30.1 Å². The molecule has 0 bridgehead atoms. The lowest BCUT2D eigenvalue weighted by molar-refractivity contribution is 0.189. The molecule has 0 saturated heterocycles. The third kappa shape index (κ3) is 3.79. The molecule has 3 nitrogen and oxygen atoms in total. The Bertz CT molecular complexity index is 339. The molecule has 1 aromatic heterocycles. The topological polar surface area (TPSA) is 28.2 Å². The second-order valence-electron chi connectivity index (χ2n) is 5.46. The van der Waals surface area contributed by atoms with E-state index in [1.54, 1.807) is 0 Å².